The van der Waals surface area contributed by atoms with Gasteiger partial charge in [0.15, 0.2) is 5.79 Å². The van der Waals surface area contributed by atoms with Crippen molar-refractivity contribution in [1.82, 2.24) is 0 Å². The number of fused-ring (bicyclic) bond motifs is 3. The van der Waals surface area contributed by atoms with E-state index in [4.69, 9.17) is 15.2 Å². The van der Waals surface area contributed by atoms with E-state index in [1.54, 1.807) is 0 Å². The summed E-state index contributed by atoms with van der Waals surface area (Å²) in [6, 6.07) is 0. The molecule has 3 heteroatoms. The lowest BCUT2D eigenvalue weighted by molar-refractivity contribution is -0.158. The van der Waals surface area contributed by atoms with E-state index in [9.17, 15) is 0 Å². The maximum absolute atomic E-state index is 6.32. The van der Waals surface area contributed by atoms with Crippen molar-refractivity contribution in [2.24, 2.45) is 17.6 Å². The smallest absolute Gasteiger partial charge is 0.163 e. The molecule has 80 valence electrons. The van der Waals surface area contributed by atoms with Crippen molar-refractivity contribution in [3.8, 4) is 0 Å². The molecule has 0 bridgehead atoms. The van der Waals surface area contributed by atoms with E-state index >= 15 is 0 Å². The van der Waals surface area contributed by atoms with Gasteiger partial charge >= 0.3 is 0 Å². The van der Waals surface area contributed by atoms with Crippen molar-refractivity contribution in [2.45, 2.75) is 57.1 Å². The van der Waals surface area contributed by atoms with Gasteiger partial charge in [0.25, 0.3) is 0 Å². The van der Waals surface area contributed by atoms with E-state index in [1.807, 2.05) is 13.8 Å². The van der Waals surface area contributed by atoms with Gasteiger partial charge in [-0.25, -0.2) is 0 Å². The molecule has 3 nitrogen and oxygen atoms in total. The molecule has 3 aliphatic rings. The Morgan fingerprint density at radius 3 is 2.71 bits per heavy atom. The molecule has 0 aromatic carbocycles. The number of hydrogen-bond donors (Lipinski definition) is 1. The second-order valence-electron chi connectivity index (χ2n) is 5.52. The first-order chi connectivity index (χ1) is 6.48. The third-order valence-corrected chi connectivity index (χ3v) is 4.17. The van der Waals surface area contributed by atoms with E-state index in [0.29, 0.717) is 11.8 Å². The monoisotopic (exact) mass is 197 g/mol. The predicted molar refractivity (Wildman–Crippen MR) is 52.6 cm³/mol. The van der Waals surface area contributed by atoms with Crippen LogP contribution in [-0.4, -0.2) is 23.5 Å². The fourth-order valence-electron chi connectivity index (χ4n) is 3.46. The molecule has 2 N–H and O–H groups in total. The highest BCUT2D eigenvalue weighted by molar-refractivity contribution is 5.25. The maximum atomic E-state index is 6.32. The van der Waals surface area contributed by atoms with Crippen molar-refractivity contribution in [1.29, 1.82) is 0 Å². The summed E-state index contributed by atoms with van der Waals surface area (Å²) in [6.07, 6.45) is 2.68. The van der Waals surface area contributed by atoms with Crippen LogP contribution >= 0.6 is 0 Å². The highest BCUT2D eigenvalue weighted by Gasteiger charge is 2.73. The molecule has 14 heavy (non-hydrogen) atoms. The molecule has 1 unspecified atom stereocenters. The normalized spacial score (nSPS) is 58.3. The van der Waals surface area contributed by atoms with Crippen LogP contribution in [0.25, 0.3) is 0 Å². The molecule has 5 atom stereocenters. The van der Waals surface area contributed by atoms with E-state index in [0.717, 1.165) is 12.8 Å². The molecule has 2 aliphatic carbocycles. The highest BCUT2D eigenvalue weighted by Crippen LogP contribution is 2.63. The third-order valence-electron chi connectivity index (χ3n) is 4.17. The van der Waals surface area contributed by atoms with Gasteiger partial charge in [-0.2, -0.15) is 0 Å². The molecule has 3 rings (SSSR count). The summed E-state index contributed by atoms with van der Waals surface area (Å²) in [5, 5.41) is 0. The van der Waals surface area contributed by atoms with Crippen LogP contribution in [0.1, 0.15) is 33.6 Å². The fourth-order valence-corrected chi connectivity index (χ4v) is 3.46. The quantitative estimate of drug-likeness (QED) is 0.688. The Bertz CT molecular complexity index is 278. The summed E-state index contributed by atoms with van der Waals surface area (Å²) in [4.78, 5) is 0. The van der Waals surface area contributed by atoms with E-state index in [2.05, 4.69) is 6.92 Å². The molecule has 1 heterocycles. The van der Waals surface area contributed by atoms with Gasteiger partial charge < -0.3 is 15.2 Å². The summed E-state index contributed by atoms with van der Waals surface area (Å²) < 4.78 is 11.9. The zero-order valence-corrected chi connectivity index (χ0v) is 9.12. The standard InChI is InChI=1S/C11H19NO2/c1-4-6-7-5-11(7,12)9-8(6)13-10(2,3)14-9/h6-9H,4-5,12H2,1-3H3/t6-,7-,8+,9?,11-/m0/s1. The van der Waals surface area contributed by atoms with Gasteiger partial charge in [0, 0.05) is 5.54 Å². The average Bonchev–Trinajstić information content (AvgIpc) is 2.55. The second kappa shape index (κ2) is 2.34. The average molecular weight is 197 g/mol. The minimum atomic E-state index is -0.428. The lowest BCUT2D eigenvalue weighted by atomic mass is 9.97. The van der Waals surface area contributed by atoms with Crippen LogP contribution in [0, 0.1) is 11.8 Å². The van der Waals surface area contributed by atoms with Crippen molar-refractivity contribution < 1.29 is 9.47 Å². The number of nitrogens with two attached hydrogens (primary N) is 1. The number of ether oxygens (including phenoxy) is 2. The molecule has 1 aliphatic heterocycles. The molecule has 0 spiro atoms. The van der Waals surface area contributed by atoms with Gasteiger partial charge in [-0.1, -0.05) is 13.3 Å². The Morgan fingerprint density at radius 2 is 2.07 bits per heavy atom. The third kappa shape index (κ3) is 0.930. The van der Waals surface area contributed by atoms with Crippen LogP contribution in [0.3, 0.4) is 0 Å². The Hall–Kier alpha value is -0.120. The molecule has 3 fully saturated rings. The second-order valence-corrected chi connectivity index (χ2v) is 5.52. The highest BCUT2D eigenvalue weighted by atomic mass is 16.8. The van der Waals surface area contributed by atoms with Gasteiger partial charge in [0.05, 0.1) is 6.10 Å². The molecule has 0 amide bonds. The summed E-state index contributed by atoms with van der Waals surface area (Å²) in [5.41, 5.74) is 6.26. The van der Waals surface area contributed by atoms with Crippen LogP contribution in [0.5, 0.6) is 0 Å². The lowest BCUT2D eigenvalue weighted by Crippen LogP contribution is -2.40. The topological polar surface area (TPSA) is 44.5 Å². The molecule has 0 radical (unpaired) electrons. The van der Waals surface area contributed by atoms with Crippen molar-refractivity contribution >= 4 is 0 Å². The van der Waals surface area contributed by atoms with Gasteiger partial charge in [-0.05, 0) is 32.1 Å². The van der Waals surface area contributed by atoms with Crippen molar-refractivity contribution in [3.05, 3.63) is 0 Å². The zero-order valence-electron chi connectivity index (χ0n) is 9.12. The molecule has 0 aromatic rings. The number of rotatable bonds is 1. The summed E-state index contributed by atoms with van der Waals surface area (Å²) >= 11 is 0. The largest absolute Gasteiger partial charge is 0.344 e. The lowest BCUT2D eigenvalue weighted by Gasteiger charge is -2.21. The van der Waals surface area contributed by atoms with Crippen LogP contribution < -0.4 is 5.73 Å². The van der Waals surface area contributed by atoms with Crippen LogP contribution in [-0.2, 0) is 9.47 Å². The van der Waals surface area contributed by atoms with Gasteiger partial charge in [-0.3, -0.25) is 0 Å². The van der Waals surface area contributed by atoms with E-state index in [-0.39, 0.29) is 17.7 Å². The summed E-state index contributed by atoms with van der Waals surface area (Å²) in [7, 11) is 0. The predicted octanol–water partition coefficient (Wildman–Crippen LogP) is 1.26. The van der Waals surface area contributed by atoms with Crippen LogP contribution in [0.15, 0.2) is 0 Å². The van der Waals surface area contributed by atoms with Gasteiger partial charge in [0.1, 0.15) is 6.10 Å². The van der Waals surface area contributed by atoms with Crippen LogP contribution in [0.2, 0.25) is 0 Å². The molecule has 0 aromatic heterocycles. The van der Waals surface area contributed by atoms with Crippen molar-refractivity contribution in [2.75, 3.05) is 0 Å². The fraction of sp³-hybridized carbons (Fsp3) is 1.00. The molecular formula is C11H19NO2. The molecular weight excluding hydrogens is 178 g/mol. The number of hydrogen-bond acceptors (Lipinski definition) is 3. The van der Waals surface area contributed by atoms with Gasteiger partial charge in [-0.15, -0.1) is 0 Å². The minimum Gasteiger partial charge on any atom is -0.344 e. The van der Waals surface area contributed by atoms with Gasteiger partial charge in [0.2, 0.25) is 0 Å². The first-order valence-corrected chi connectivity index (χ1v) is 5.62. The molecule has 1 saturated heterocycles. The Kier molecular flexibility index (Phi) is 1.53. The summed E-state index contributed by atoms with van der Waals surface area (Å²) in [5.74, 6) is 0.841. The maximum Gasteiger partial charge on any atom is 0.163 e. The summed E-state index contributed by atoms with van der Waals surface area (Å²) in [6.45, 7) is 6.19. The van der Waals surface area contributed by atoms with E-state index < -0.39 is 5.79 Å². The van der Waals surface area contributed by atoms with Crippen molar-refractivity contribution in [3.63, 3.8) is 0 Å². The minimum absolute atomic E-state index is 0.0564. The Morgan fingerprint density at radius 1 is 1.36 bits per heavy atom. The zero-order chi connectivity index (χ0) is 10.1. The Labute approximate surface area is 84.9 Å². The Balaban J connectivity index is 1.90. The first kappa shape index (κ1) is 9.13. The molecule has 2 saturated carbocycles. The first-order valence-electron chi connectivity index (χ1n) is 5.62. The van der Waals surface area contributed by atoms with Crippen LogP contribution in [0.4, 0.5) is 0 Å². The van der Waals surface area contributed by atoms with E-state index in [1.165, 1.54) is 0 Å². The SMILES string of the molecule is CC[C@@H]1[C@H]2OC(C)(C)OC2[C@]2(N)C[C@@H]12.